The van der Waals surface area contributed by atoms with E-state index in [2.05, 4.69) is 27.3 Å². The van der Waals surface area contributed by atoms with Crippen LogP contribution in [-0.2, 0) is 0 Å². The summed E-state index contributed by atoms with van der Waals surface area (Å²) in [5, 5.41) is 6.97. The first-order chi connectivity index (χ1) is 14.5. The summed E-state index contributed by atoms with van der Waals surface area (Å²) in [6.07, 6.45) is 0. The molecule has 0 aliphatic carbocycles. The van der Waals surface area contributed by atoms with Gasteiger partial charge in [-0.25, -0.2) is 0 Å². The summed E-state index contributed by atoms with van der Waals surface area (Å²) in [5.74, 6) is 2.07. The molecule has 30 heavy (non-hydrogen) atoms. The number of nitrogens with one attached hydrogen (secondary N) is 1. The van der Waals surface area contributed by atoms with E-state index in [1.165, 1.54) is 5.56 Å². The Kier molecular flexibility index (Phi) is 6.01. The number of hydrogen-bond acceptors (Lipinski definition) is 6. The Labute approximate surface area is 176 Å². The van der Waals surface area contributed by atoms with Gasteiger partial charge in [0, 0.05) is 44.4 Å². The molecule has 1 fully saturated rings. The SMILES string of the molecule is Cc1ccc(-c2cc(C(=O)NC[C@@H](c3ccc(C)o3)N3CCN(C)CC3)no2)cc1. The number of likely N-dealkylation sites (N-methyl/N-ethyl adjacent to an activating group) is 1. The fraction of sp³-hybridized carbons (Fsp3) is 0.391. The number of carbonyl (C=O) groups is 1. The minimum Gasteiger partial charge on any atom is -0.465 e. The van der Waals surface area contributed by atoms with E-state index in [0.717, 1.165) is 43.3 Å². The van der Waals surface area contributed by atoms with Crippen molar-refractivity contribution < 1.29 is 13.7 Å². The molecule has 1 amide bonds. The Hall–Kier alpha value is -2.90. The highest BCUT2D eigenvalue weighted by Crippen LogP contribution is 2.24. The lowest BCUT2D eigenvalue weighted by Gasteiger charge is -2.37. The lowest BCUT2D eigenvalue weighted by molar-refractivity contribution is 0.0843. The summed E-state index contributed by atoms with van der Waals surface area (Å²) >= 11 is 0. The number of hydrogen-bond donors (Lipinski definition) is 1. The molecule has 3 aromatic rings. The van der Waals surface area contributed by atoms with Gasteiger partial charge in [-0.3, -0.25) is 9.69 Å². The third-order valence-corrected chi connectivity index (χ3v) is 5.60. The molecule has 0 bridgehead atoms. The quantitative estimate of drug-likeness (QED) is 0.675. The van der Waals surface area contributed by atoms with E-state index in [1.54, 1.807) is 6.07 Å². The Bertz CT molecular complexity index is 984. The van der Waals surface area contributed by atoms with Crippen LogP contribution in [-0.4, -0.2) is 60.6 Å². The third kappa shape index (κ3) is 4.63. The third-order valence-electron chi connectivity index (χ3n) is 5.60. The van der Waals surface area contributed by atoms with Crippen LogP contribution in [0.15, 0.2) is 51.4 Å². The molecule has 7 heteroatoms. The first-order valence-electron chi connectivity index (χ1n) is 10.3. The van der Waals surface area contributed by atoms with Gasteiger partial charge >= 0.3 is 0 Å². The zero-order chi connectivity index (χ0) is 21.1. The average molecular weight is 409 g/mol. The molecule has 1 aliphatic heterocycles. The smallest absolute Gasteiger partial charge is 0.273 e. The lowest BCUT2D eigenvalue weighted by Crippen LogP contribution is -2.48. The number of piperazine rings is 1. The first kappa shape index (κ1) is 20.4. The van der Waals surface area contributed by atoms with Crippen LogP contribution in [0.5, 0.6) is 0 Å². The molecule has 0 radical (unpaired) electrons. The Morgan fingerprint density at radius 1 is 1.10 bits per heavy atom. The summed E-state index contributed by atoms with van der Waals surface area (Å²) in [6, 6.07) is 13.6. The number of benzene rings is 1. The van der Waals surface area contributed by atoms with Crippen molar-refractivity contribution >= 4 is 5.91 Å². The number of carbonyl (C=O) groups excluding carboxylic acids is 1. The van der Waals surface area contributed by atoms with Crippen LogP contribution in [0.3, 0.4) is 0 Å². The van der Waals surface area contributed by atoms with E-state index >= 15 is 0 Å². The van der Waals surface area contributed by atoms with Crippen LogP contribution in [0.2, 0.25) is 0 Å². The fourth-order valence-electron chi connectivity index (χ4n) is 3.69. The predicted octanol–water partition coefficient (Wildman–Crippen LogP) is 3.27. The predicted molar refractivity (Wildman–Crippen MR) is 114 cm³/mol. The van der Waals surface area contributed by atoms with Gasteiger partial charge in [-0.2, -0.15) is 0 Å². The van der Waals surface area contributed by atoms with Gasteiger partial charge < -0.3 is 19.2 Å². The minimum absolute atomic E-state index is 0.0141. The molecular weight excluding hydrogens is 380 g/mol. The second kappa shape index (κ2) is 8.85. The Morgan fingerprint density at radius 2 is 1.83 bits per heavy atom. The van der Waals surface area contributed by atoms with Gasteiger partial charge in [0.25, 0.3) is 5.91 Å². The molecule has 3 heterocycles. The zero-order valence-electron chi connectivity index (χ0n) is 17.7. The molecule has 158 valence electrons. The van der Waals surface area contributed by atoms with Crippen LogP contribution in [0.1, 0.15) is 33.6 Å². The molecule has 0 saturated carbocycles. The van der Waals surface area contributed by atoms with Gasteiger partial charge in [0.2, 0.25) is 0 Å². The molecule has 2 aromatic heterocycles. The van der Waals surface area contributed by atoms with Crippen LogP contribution < -0.4 is 5.32 Å². The maximum absolute atomic E-state index is 12.7. The highest BCUT2D eigenvalue weighted by atomic mass is 16.5. The summed E-state index contributed by atoms with van der Waals surface area (Å²) in [7, 11) is 2.13. The molecule has 1 atom stereocenters. The highest BCUT2D eigenvalue weighted by molar-refractivity contribution is 5.93. The highest BCUT2D eigenvalue weighted by Gasteiger charge is 2.27. The maximum Gasteiger partial charge on any atom is 0.273 e. The number of nitrogens with zero attached hydrogens (tertiary/aromatic N) is 3. The van der Waals surface area contributed by atoms with E-state index in [1.807, 2.05) is 50.2 Å². The molecule has 0 spiro atoms. The van der Waals surface area contributed by atoms with Gasteiger partial charge in [0.15, 0.2) is 11.5 Å². The molecule has 1 saturated heterocycles. The molecular formula is C23H28N4O3. The van der Waals surface area contributed by atoms with E-state index in [-0.39, 0.29) is 17.6 Å². The van der Waals surface area contributed by atoms with Crippen molar-refractivity contribution in [2.24, 2.45) is 0 Å². The van der Waals surface area contributed by atoms with Gasteiger partial charge in [0.05, 0.1) is 6.04 Å². The zero-order valence-corrected chi connectivity index (χ0v) is 17.7. The second-order valence-electron chi connectivity index (χ2n) is 7.96. The van der Waals surface area contributed by atoms with E-state index < -0.39 is 0 Å². The maximum atomic E-state index is 12.7. The summed E-state index contributed by atoms with van der Waals surface area (Å²) in [5.41, 5.74) is 2.34. The Morgan fingerprint density at radius 3 is 2.50 bits per heavy atom. The molecule has 1 aromatic carbocycles. The number of rotatable bonds is 6. The normalized spacial score (nSPS) is 16.5. The minimum atomic E-state index is -0.250. The van der Waals surface area contributed by atoms with Crippen LogP contribution in [0.4, 0.5) is 0 Å². The van der Waals surface area contributed by atoms with Gasteiger partial charge in [-0.15, -0.1) is 0 Å². The number of furan rings is 1. The lowest BCUT2D eigenvalue weighted by atomic mass is 10.1. The van der Waals surface area contributed by atoms with Crippen molar-refractivity contribution in [1.29, 1.82) is 0 Å². The van der Waals surface area contributed by atoms with Crippen molar-refractivity contribution in [1.82, 2.24) is 20.3 Å². The number of amides is 1. The second-order valence-corrected chi connectivity index (χ2v) is 7.96. The standard InChI is InChI=1S/C23H28N4O3/c1-16-4-7-18(8-5-16)22-14-19(25-30-22)23(28)24-15-20(21-9-6-17(2)29-21)27-12-10-26(3)11-13-27/h4-9,14,20H,10-13,15H2,1-3H3,(H,24,28)/t20-/m0/s1. The van der Waals surface area contributed by atoms with Crippen molar-refractivity contribution in [3.05, 3.63) is 65.2 Å². The molecule has 4 rings (SSSR count). The van der Waals surface area contributed by atoms with E-state index in [9.17, 15) is 4.79 Å². The molecule has 1 aliphatic rings. The first-order valence-corrected chi connectivity index (χ1v) is 10.3. The van der Waals surface area contributed by atoms with Crippen LogP contribution >= 0.6 is 0 Å². The summed E-state index contributed by atoms with van der Waals surface area (Å²) in [4.78, 5) is 17.4. The molecule has 7 nitrogen and oxygen atoms in total. The van der Waals surface area contributed by atoms with Crippen molar-refractivity contribution in [3.8, 4) is 11.3 Å². The number of aryl methyl sites for hydroxylation is 2. The largest absolute Gasteiger partial charge is 0.465 e. The van der Waals surface area contributed by atoms with Crippen LogP contribution in [0.25, 0.3) is 11.3 Å². The summed E-state index contributed by atoms with van der Waals surface area (Å²) in [6.45, 7) is 8.25. The Balaban J connectivity index is 1.44. The van der Waals surface area contributed by atoms with Crippen molar-refractivity contribution in [2.45, 2.75) is 19.9 Å². The van der Waals surface area contributed by atoms with Crippen molar-refractivity contribution in [3.63, 3.8) is 0 Å². The average Bonchev–Trinajstić information content (AvgIpc) is 3.39. The van der Waals surface area contributed by atoms with E-state index in [4.69, 9.17) is 8.94 Å². The topological polar surface area (TPSA) is 74.8 Å². The molecule has 0 unspecified atom stereocenters. The van der Waals surface area contributed by atoms with Gasteiger partial charge in [-0.05, 0) is 33.0 Å². The molecule has 1 N–H and O–H groups in total. The van der Waals surface area contributed by atoms with E-state index in [0.29, 0.717) is 12.3 Å². The van der Waals surface area contributed by atoms with Gasteiger partial charge in [-0.1, -0.05) is 35.0 Å². The fourth-order valence-corrected chi connectivity index (χ4v) is 3.69. The summed E-state index contributed by atoms with van der Waals surface area (Å²) < 4.78 is 11.3. The van der Waals surface area contributed by atoms with Crippen molar-refractivity contribution in [2.75, 3.05) is 39.8 Å². The van der Waals surface area contributed by atoms with Crippen LogP contribution in [0, 0.1) is 13.8 Å². The van der Waals surface area contributed by atoms with Gasteiger partial charge in [0.1, 0.15) is 11.5 Å². The monoisotopic (exact) mass is 408 g/mol. The number of aromatic nitrogens is 1.